The molecule has 98 valence electrons. The maximum atomic E-state index is 5.34. The molecule has 0 radical (unpaired) electrons. The molecular formula is C10H17N7O. The van der Waals surface area contributed by atoms with Crippen molar-refractivity contribution < 1.29 is 4.74 Å². The van der Waals surface area contributed by atoms with Crippen LogP contribution in [0.5, 0.6) is 0 Å². The lowest BCUT2D eigenvalue weighted by atomic mass is 10.2. The van der Waals surface area contributed by atoms with Crippen molar-refractivity contribution in [2.45, 2.75) is 19.4 Å². The number of methoxy groups -OCH3 is 1. The molecule has 0 saturated carbocycles. The van der Waals surface area contributed by atoms with Crippen molar-refractivity contribution >= 4 is 22.8 Å². The van der Waals surface area contributed by atoms with Crippen LogP contribution in [0.3, 0.4) is 0 Å². The Labute approximate surface area is 104 Å². The predicted octanol–water partition coefficient (Wildman–Crippen LogP) is 0.475. The highest BCUT2D eigenvalue weighted by molar-refractivity contribution is 5.87. The first-order valence-corrected chi connectivity index (χ1v) is 5.71. The van der Waals surface area contributed by atoms with Gasteiger partial charge in [-0.3, -0.25) is 10.5 Å². The van der Waals surface area contributed by atoms with E-state index in [2.05, 4.69) is 37.8 Å². The second-order valence-corrected chi connectivity index (χ2v) is 3.88. The van der Waals surface area contributed by atoms with Crippen molar-refractivity contribution in [1.82, 2.24) is 20.2 Å². The fourth-order valence-electron chi connectivity index (χ4n) is 1.67. The van der Waals surface area contributed by atoms with E-state index in [1.54, 1.807) is 13.3 Å². The molecule has 1 atom stereocenters. The minimum Gasteiger partial charge on any atom is -0.383 e. The van der Waals surface area contributed by atoms with Gasteiger partial charge in [0.2, 0.25) is 5.95 Å². The molecule has 0 aliphatic rings. The van der Waals surface area contributed by atoms with Gasteiger partial charge in [-0.15, -0.1) is 0 Å². The van der Waals surface area contributed by atoms with E-state index in [4.69, 9.17) is 10.6 Å². The van der Waals surface area contributed by atoms with Crippen LogP contribution >= 0.6 is 0 Å². The number of rotatable bonds is 6. The predicted molar refractivity (Wildman–Crippen MR) is 69.1 cm³/mol. The number of aromatic amines is 1. The Hall–Kier alpha value is -1.93. The van der Waals surface area contributed by atoms with Crippen molar-refractivity contribution in [3.8, 4) is 0 Å². The van der Waals surface area contributed by atoms with Crippen molar-refractivity contribution in [2.24, 2.45) is 5.84 Å². The number of fused-ring (bicyclic) bond motifs is 1. The number of H-pyrrole nitrogens is 1. The molecule has 5 N–H and O–H groups in total. The average Bonchev–Trinajstić information content (AvgIpc) is 2.86. The molecule has 0 fully saturated rings. The third-order valence-corrected chi connectivity index (χ3v) is 2.64. The van der Waals surface area contributed by atoms with E-state index >= 15 is 0 Å². The van der Waals surface area contributed by atoms with Crippen LogP contribution in [0.4, 0.5) is 11.8 Å². The third kappa shape index (κ3) is 2.49. The number of nitrogens with one attached hydrogen (secondary N) is 3. The first kappa shape index (κ1) is 12.5. The fourth-order valence-corrected chi connectivity index (χ4v) is 1.67. The first-order chi connectivity index (χ1) is 8.78. The van der Waals surface area contributed by atoms with Gasteiger partial charge >= 0.3 is 0 Å². The standard InChI is InChI=1S/C10H17N7O/c1-3-6(5-18-2)13-8-7-4-12-17-9(7)15-10(14-8)16-11/h4,6H,3,5,11H2,1-2H3,(H3,12,13,14,15,16,17). The molecule has 2 rings (SSSR count). The van der Waals surface area contributed by atoms with Crippen molar-refractivity contribution in [2.75, 3.05) is 24.5 Å². The zero-order valence-electron chi connectivity index (χ0n) is 10.4. The van der Waals surface area contributed by atoms with Crippen LogP contribution in [0.15, 0.2) is 6.20 Å². The summed E-state index contributed by atoms with van der Waals surface area (Å²) in [4.78, 5) is 8.44. The number of aromatic nitrogens is 4. The van der Waals surface area contributed by atoms with Crippen molar-refractivity contribution in [3.63, 3.8) is 0 Å². The zero-order valence-corrected chi connectivity index (χ0v) is 10.4. The number of nitrogens with zero attached hydrogens (tertiary/aromatic N) is 3. The molecule has 18 heavy (non-hydrogen) atoms. The van der Waals surface area contributed by atoms with E-state index < -0.39 is 0 Å². The van der Waals surface area contributed by atoms with E-state index in [0.29, 0.717) is 24.0 Å². The first-order valence-electron chi connectivity index (χ1n) is 5.71. The van der Waals surface area contributed by atoms with Crippen LogP contribution in [0.25, 0.3) is 11.0 Å². The van der Waals surface area contributed by atoms with Gasteiger partial charge in [0.1, 0.15) is 5.82 Å². The van der Waals surface area contributed by atoms with Crippen LogP contribution in [-0.2, 0) is 4.74 Å². The Morgan fingerprint density at radius 2 is 2.33 bits per heavy atom. The molecule has 0 spiro atoms. The summed E-state index contributed by atoms with van der Waals surface area (Å²) < 4.78 is 5.15. The van der Waals surface area contributed by atoms with Crippen LogP contribution in [0, 0.1) is 0 Å². The molecule has 8 nitrogen and oxygen atoms in total. The van der Waals surface area contributed by atoms with Crippen molar-refractivity contribution in [1.29, 1.82) is 0 Å². The molecule has 0 bridgehead atoms. The Kier molecular flexibility index (Phi) is 3.90. The van der Waals surface area contributed by atoms with Crippen molar-refractivity contribution in [3.05, 3.63) is 6.20 Å². The normalized spacial score (nSPS) is 12.6. The molecule has 0 aliphatic heterocycles. The summed E-state index contributed by atoms with van der Waals surface area (Å²) in [5.74, 6) is 6.36. The minimum atomic E-state index is 0.175. The van der Waals surface area contributed by atoms with E-state index in [-0.39, 0.29) is 6.04 Å². The average molecular weight is 251 g/mol. The third-order valence-electron chi connectivity index (χ3n) is 2.64. The van der Waals surface area contributed by atoms with Gasteiger partial charge in [-0.1, -0.05) is 6.92 Å². The second-order valence-electron chi connectivity index (χ2n) is 3.88. The largest absolute Gasteiger partial charge is 0.383 e. The number of hydrogen-bond donors (Lipinski definition) is 4. The summed E-state index contributed by atoms with van der Waals surface area (Å²) in [6.45, 7) is 2.68. The number of ether oxygens (including phenoxy) is 1. The Morgan fingerprint density at radius 3 is 3.00 bits per heavy atom. The molecule has 8 heteroatoms. The van der Waals surface area contributed by atoms with Gasteiger partial charge in [0, 0.05) is 7.11 Å². The van der Waals surface area contributed by atoms with E-state index in [9.17, 15) is 0 Å². The Balaban J connectivity index is 2.32. The number of nitrogens with two attached hydrogens (primary N) is 1. The molecule has 0 amide bonds. The molecule has 2 aromatic rings. The zero-order chi connectivity index (χ0) is 13.0. The molecule has 2 aromatic heterocycles. The highest BCUT2D eigenvalue weighted by atomic mass is 16.5. The van der Waals surface area contributed by atoms with E-state index in [1.165, 1.54) is 0 Å². The number of nitrogen functional groups attached to an aromatic ring is 1. The van der Waals surface area contributed by atoms with Crippen LogP contribution in [-0.4, -0.2) is 39.9 Å². The highest BCUT2D eigenvalue weighted by Crippen LogP contribution is 2.20. The van der Waals surface area contributed by atoms with Crippen LogP contribution in [0.1, 0.15) is 13.3 Å². The summed E-state index contributed by atoms with van der Waals surface area (Å²) in [6.07, 6.45) is 2.60. The van der Waals surface area contributed by atoms with E-state index in [0.717, 1.165) is 11.8 Å². The SMILES string of the molecule is CCC(COC)Nc1nc(NN)nc2[nH]ncc12. The van der Waals surface area contributed by atoms with Gasteiger partial charge in [-0.2, -0.15) is 15.1 Å². The van der Waals surface area contributed by atoms with Gasteiger partial charge in [0.05, 0.1) is 24.2 Å². The number of hydrogen-bond acceptors (Lipinski definition) is 7. The molecule has 0 aliphatic carbocycles. The van der Waals surface area contributed by atoms with Gasteiger partial charge < -0.3 is 10.1 Å². The smallest absolute Gasteiger partial charge is 0.241 e. The number of hydrazine groups is 1. The maximum Gasteiger partial charge on any atom is 0.241 e. The minimum absolute atomic E-state index is 0.175. The molecular weight excluding hydrogens is 234 g/mol. The molecule has 2 heterocycles. The van der Waals surface area contributed by atoms with Crippen LogP contribution < -0.4 is 16.6 Å². The van der Waals surface area contributed by atoms with Gasteiger partial charge in [0.25, 0.3) is 0 Å². The molecule has 1 unspecified atom stereocenters. The Bertz CT molecular complexity index is 512. The van der Waals surface area contributed by atoms with E-state index in [1.807, 2.05) is 0 Å². The second kappa shape index (κ2) is 5.61. The van der Waals surface area contributed by atoms with Crippen LogP contribution in [0.2, 0.25) is 0 Å². The van der Waals surface area contributed by atoms with Gasteiger partial charge in [-0.05, 0) is 6.42 Å². The molecule has 0 saturated heterocycles. The lowest BCUT2D eigenvalue weighted by molar-refractivity contribution is 0.184. The summed E-state index contributed by atoms with van der Waals surface area (Å²) in [5, 5.41) is 10.9. The summed E-state index contributed by atoms with van der Waals surface area (Å²) >= 11 is 0. The van der Waals surface area contributed by atoms with Gasteiger partial charge in [0.15, 0.2) is 5.65 Å². The lowest BCUT2D eigenvalue weighted by Gasteiger charge is -2.17. The monoisotopic (exact) mass is 251 g/mol. The fraction of sp³-hybridized carbons (Fsp3) is 0.500. The highest BCUT2D eigenvalue weighted by Gasteiger charge is 2.12. The summed E-state index contributed by atoms with van der Waals surface area (Å²) in [7, 11) is 1.67. The quantitative estimate of drug-likeness (QED) is 0.436. The lowest BCUT2D eigenvalue weighted by Crippen LogP contribution is -2.25. The molecule has 0 aromatic carbocycles. The summed E-state index contributed by atoms with van der Waals surface area (Å²) in [5.41, 5.74) is 3.06. The van der Waals surface area contributed by atoms with Gasteiger partial charge in [-0.25, -0.2) is 5.84 Å². The summed E-state index contributed by atoms with van der Waals surface area (Å²) in [6, 6.07) is 0.175. The maximum absolute atomic E-state index is 5.34. The number of anilines is 2. The topological polar surface area (TPSA) is 114 Å². The Morgan fingerprint density at radius 1 is 1.50 bits per heavy atom.